The SMILES string of the molecule is O=C(C1CCCN(S(=O)(=O)c2ccc(-c3ccn[nH]3)o2)C1)N1CCN(c2ccccn2)CC1. The molecule has 0 bridgehead atoms. The van der Waals surface area contributed by atoms with Gasteiger partial charge in [-0.1, -0.05) is 6.07 Å². The van der Waals surface area contributed by atoms with E-state index in [1.54, 1.807) is 24.5 Å². The molecule has 0 radical (unpaired) electrons. The first kappa shape index (κ1) is 21.7. The summed E-state index contributed by atoms with van der Waals surface area (Å²) < 4.78 is 33.3. The van der Waals surface area contributed by atoms with Crippen molar-refractivity contribution in [1.82, 2.24) is 24.4 Å². The number of H-pyrrole nitrogens is 1. The third-order valence-electron chi connectivity index (χ3n) is 6.24. The summed E-state index contributed by atoms with van der Waals surface area (Å²) in [5, 5.41) is 6.50. The van der Waals surface area contributed by atoms with Crippen LogP contribution in [0.5, 0.6) is 0 Å². The Balaban J connectivity index is 1.23. The first-order chi connectivity index (χ1) is 16.0. The molecule has 2 aliphatic heterocycles. The number of aromatic nitrogens is 3. The van der Waals surface area contributed by atoms with Crippen LogP contribution in [0.25, 0.3) is 11.5 Å². The van der Waals surface area contributed by atoms with E-state index in [1.165, 1.54) is 10.4 Å². The number of aromatic amines is 1. The molecule has 5 heterocycles. The molecule has 0 aliphatic carbocycles. The van der Waals surface area contributed by atoms with E-state index in [9.17, 15) is 13.2 Å². The van der Waals surface area contributed by atoms with Crippen molar-refractivity contribution in [2.75, 3.05) is 44.2 Å². The number of pyridine rings is 1. The molecule has 0 saturated carbocycles. The van der Waals surface area contributed by atoms with Crippen LogP contribution >= 0.6 is 0 Å². The van der Waals surface area contributed by atoms with Crippen LogP contribution in [-0.2, 0) is 14.8 Å². The monoisotopic (exact) mass is 470 g/mol. The van der Waals surface area contributed by atoms with E-state index >= 15 is 0 Å². The summed E-state index contributed by atoms with van der Waals surface area (Å²) in [7, 11) is -3.83. The van der Waals surface area contributed by atoms with E-state index in [1.807, 2.05) is 23.1 Å². The second-order valence-electron chi connectivity index (χ2n) is 8.29. The molecule has 2 saturated heterocycles. The van der Waals surface area contributed by atoms with Crippen LogP contribution in [0.15, 0.2) is 58.3 Å². The maximum atomic E-state index is 13.2. The van der Waals surface area contributed by atoms with Gasteiger partial charge in [0.2, 0.25) is 11.0 Å². The Bertz CT molecular complexity index is 1190. The molecule has 2 fully saturated rings. The number of piperazine rings is 1. The number of carbonyl (C=O) groups is 1. The standard InChI is InChI=1S/C22H26N6O4S/c29-22(27-14-12-26(13-15-27)20-5-1-2-9-23-20)17-4-3-11-28(16-17)33(30,31)21-7-6-19(32-21)18-8-10-24-25-18/h1-2,5-10,17H,3-4,11-16H2,(H,24,25). The molecule has 3 aromatic heterocycles. The maximum absolute atomic E-state index is 13.2. The highest BCUT2D eigenvalue weighted by Crippen LogP contribution is 2.29. The first-order valence-corrected chi connectivity index (χ1v) is 12.5. The Morgan fingerprint density at radius 3 is 2.61 bits per heavy atom. The van der Waals surface area contributed by atoms with E-state index in [0.717, 1.165) is 5.82 Å². The van der Waals surface area contributed by atoms with E-state index in [0.29, 0.717) is 57.0 Å². The summed E-state index contributed by atoms with van der Waals surface area (Å²) in [5.41, 5.74) is 0.605. The van der Waals surface area contributed by atoms with Crippen LogP contribution in [0.1, 0.15) is 12.8 Å². The molecular formula is C22H26N6O4S. The van der Waals surface area contributed by atoms with Crippen LogP contribution in [-0.4, -0.2) is 78.0 Å². The fourth-order valence-corrected chi connectivity index (χ4v) is 5.88. The predicted molar refractivity (Wildman–Crippen MR) is 121 cm³/mol. The van der Waals surface area contributed by atoms with Gasteiger partial charge in [-0.15, -0.1) is 0 Å². The average Bonchev–Trinajstić information content (AvgIpc) is 3.57. The maximum Gasteiger partial charge on any atom is 0.276 e. The Kier molecular flexibility index (Phi) is 5.90. The largest absolute Gasteiger partial charge is 0.442 e. The summed E-state index contributed by atoms with van der Waals surface area (Å²) in [6.07, 6.45) is 4.66. The number of anilines is 1. The van der Waals surface area contributed by atoms with Crippen molar-refractivity contribution in [1.29, 1.82) is 0 Å². The quantitative estimate of drug-likeness (QED) is 0.605. The molecule has 1 atom stereocenters. The smallest absolute Gasteiger partial charge is 0.276 e. The Morgan fingerprint density at radius 1 is 1.03 bits per heavy atom. The van der Waals surface area contributed by atoms with Gasteiger partial charge < -0.3 is 14.2 Å². The lowest BCUT2D eigenvalue weighted by molar-refractivity contribution is -0.137. The summed E-state index contributed by atoms with van der Waals surface area (Å²) in [6.45, 7) is 3.16. The predicted octanol–water partition coefficient (Wildman–Crippen LogP) is 1.81. The Morgan fingerprint density at radius 2 is 1.88 bits per heavy atom. The molecule has 0 spiro atoms. The lowest BCUT2D eigenvalue weighted by Gasteiger charge is -2.38. The van der Waals surface area contributed by atoms with Crippen molar-refractivity contribution in [2.24, 2.45) is 5.92 Å². The van der Waals surface area contributed by atoms with Gasteiger partial charge in [-0.2, -0.15) is 9.40 Å². The van der Waals surface area contributed by atoms with Crippen molar-refractivity contribution in [3.63, 3.8) is 0 Å². The number of nitrogens with one attached hydrogen (secondary N) is 1. The third-order valence-corrected chi connectivity index (χ3v) is 7.98. The van der Waals surface area contributed by atoms with Gasteiger partial charge in [0.05, 0.1) is 5.92 Å². The second-order valence-corrected chi connectivity index (χ2v) is 10.2. The molecule has 10 nitrogen and oxygen atoms in total. The van der Waals surface area contributed by atoms with Gasteiger partial charge in [0.25, 0.3) is 10.0 Å². The molecule has 11 heteroatoms. The van der Waals surface area contributed by atoms with Crippen molar-refractivity contribution >= 4 is 21.7 Å². The zero-order valence-corrected chi connectivity index (χ0v) is 18.9. The van der Waals surface area contributed by atoms with E-state index in [2.05, 4.69) is 20.1 Å². The molecule has 1 amide bonds. The van der Waals surface area contributed by atoms with Crippen molar-refractivity contribution in [2.45, 2.75) is 17.9 Å². The molecule has 1 N–H and O–H groups in total. The number of furan rings is 1. The highest BCUT2D eigenvalue weighted by molar-refractivity contribution is 7.89. The fraction of sp³-hybridized carbons (Fsp3) is 0.409. The molecule has 3 aromatic rings. The summed E-state index contributed by atoms with van der Waals surface area (Å²) >= 11 is 0. The number of rotatable bonds is 5. The second kappa shape index (κ2) is 8.99. The Hall–Kier alpha value is -3.18. The molecule has 2 aliphatic rings. The minimum absolute atomic E-state index is 0.0214. The highest BCUT2D eigenvalue weighted by atomic mass is 32.2. The Labute approximate surface area is 192 Å². The van der Waals surface area contributed by atoms with Gasteiger partial charge in [0, 0.05) is 51.7 Å². The minimum Gasteiger partial charge on any atom is -0.442 e. The molecule has 33 heavy (non-hydrogen) atoms. The first-order valence-electron chi connectivity index (χ1n) is 11.1. The van der Waals surface area contributed by atoms with Crippen LogP contribution in [0.2, 0.25) is 0 Å². The third kappa shape index (κ3) is 4.38. The van der Waals surface area contributed by atoms with Crippen molar-refractivity contribution in [3.05, 3.63) is 48.8 Å². The fourth-order valence-electron chi connectivity index (χ4n) is 4.44. The number of nitrogens with zero attached hydrogens (tertiary/aromatic N) is 5. The van der Waals surface area contributed by atoms with Crippen LogP contribution in [0.3, 0.4) is 0 Å². The number of amides is 1. The molecular weight excluding hydrogens is 444 g/mol. The number of sulfonamides is 1. The zero-order chi connectivity index (χ0) is 22.8. The van der Waals surface area contributed by atoms with E-state index in [4.69, 9.17) is 4.42 Å². The van der Waals surface area contributed by atoms with Gasteiger partial charge in [-0.3, -0.25) is 9.89 Å². The summed E-state index contributed by atoms with van der Waals surface area (Å²) in [6, 6.07) is 10.6. The van der Waals surface area contributed by atoms with Crippen LogP contribution < -0.4 is 4.90 Å². The highest BCUT2D eigenvalue weighted by Gasteiger charge is 2.37. The van der Waals surface area contributed by atoms with Gasteiger partial charge >= 0.3 is 0 Å². The molecule has 0 aromatic carbocycles. The van der Waals surface area contributed by atoms with Gasteiger partial charge in [-0.25, -0.2) is 13.4 Å². The molecule has 174 valence electrons. The topological polar surface area (TPSA) is 116 Å². The van der Waals surface area contributed by atoms with E-state index in [-0.39, 0.29) is 23.5 Å². The van der Waals surface area contributed by atoms with Gasteiger partial charge in [-0.05, 0) is 43.2 Å². The average molecular weight is 471 g/mol. The van der Waals surface area contributed by atoms with Gasteiger partial charge in [0.1, 0.15) is 11.5 Å². The minimum atomic E-state index is -3.83. The molecule has 5 rings (SSSR count). The lowest BCUT2D eigenvalue weighted by Crippen LogP contribution is -2.53. The van der Waals surface area contributed by atoms with Crippen molar-refractivity contribution in [3.8, 4) is 11.5 Å². The normalized spacial score (nSPS) is 20.2. The zero-order valence-electron chi connectivity index (χ0n) is 18.1. The van der Waals surface area contributed by atoms with Gasteiger partial charge in [0.15, 0.2) is 5.76 Å². The summed E-state index contributed by atoms with van der Waals surface area (Å²) in [4.78, 5) is 21.6. The van der Waals surface area contributed by atoms with Crippen LogP contribution in [0, 0.1) is 5.92 Å². The number of hydrogen-bond donors (Lipinski definition) is 1. The van der Waals surface area contributed by atoms with E-state index < -0.39 is 10.0 Å². The lowest BCUT2D eigenvalue weighted by atomic mass is 9.98. The van der Waals surface area contributed by atoms with Crippen molar-refractivity contribution < 1.29 is 17.6 Å². The van der Waals surface area contributed by atoms with Crippen LogP contribution in [0.4, 0.5) is 5.82 Å². The number of carbonyl (C=O) groups excluding carboxylic acids is 1. The number of hydrogen-bond acceptors (Lipinski definition) is 7. The summed E-state index contributed by atoms with van der Waals surface area (Å²) in [5.74, 6) is 0.985. The number of piperidine rings is 1. The molecule has 1 unspecified atom stereocenters.